The molecular formula is C22H22N2O6. The van der Waals surface area contributed by atoms with Gasteiger partial charge in [0.1, 0.15) is 5.84 Å². The van der Waals surface area contributed by atoms with Gasteiger partial charge in [-0.05, 0) is 18.2 Å². The predicted molar refractivity (Wildman–Crippen MR) is 109 cm³/mol. The number of carbonyl (C=O) groups excluding carboxylic acids is 3. The van der Waals surface area contributed by atoms with E-state index in [0.717, 1.165) is 5.56 Å². The molecule has 0 aliphatic carbocycles. The first-order valence-electron chi connectivity index (χ1n) is 9.26. The molecule has 8 heteroatoms. The molecule has 2 aromatic carbocycles. The molecule has 1 heterocycles. The van der Waals surface area contributed by atoms with E-state index in [1.807, 2.05) is 30.3 Å². The highest BCUT2D eigenvalue weighted by molar-refractivity contribution is 6.22. The van der Waals surface area contributed by atoms with E-state index < -0.39 is 29.9 Å². The lowest BCUT2D eigenvalue weighted by atomic mass is 9.94. The number of hydrogen-bond donors (Lipinski definition) is 0. The van der Waals surface area contributed by atoms with Crippen molar-refractivity contribution in [1.82, 2.24) is 0 Å². The molecule has 0 radical (unpaired) electrons. The van der Waals surface area contributed by atoms with Crippen LogP contribution in [0.2, 0.25) is 0 Å². The monoisotopic (exact) mass is 410 g/mol. The van der Waals surface area contributed by atoms with Crippen molar-refractivity contribution in [3.05, 3.63) is 60.2 Å². The smallest absolute Gasteiger partial charge is 0.327 e. The number of nitrogens with zero attached hydrogens (tertiary/aromatic N) is 2. The minimum absolute atomic E-state index is 0.0174. The van der Waals surface area contributed by atoms with Gasteiger partial charge in [0, 0.05) is 11.3 Å². The van der Waals surface area contributed by atoms with Crippen molar-refractivity contribution in [2.45, 2.75) is 12.5 Å². The van der Waals surface area contributed by atoms with Crippen LogP contribution in [0.3, 0.4) is 0 Å². The van der Waals surface area contributed by atoms with Gasteiger partial charge < -0.3 is 19.1 Å². The summed E-state index contributed by atoms with van der Waals surface area (Å²) in [6, 6.07) is 15.8. The molecule has 0 saturated heterocycles. The van der Waals surface area contributed by atoms with E-state index in [1.165, 1.54) is 21.3 Å². The van der Waals surface area contributed by atoms with E-state index in [2.05, 4.69) is 4.99 Å². The lowest BCUT2D eigenvalue weighted by molar-refractivity contribution is -0.155. The Labute approximate surface area is 174 Å². The van der Waals surface area contributed by atoms with Gasteiger partial charge in [0.05, 0.1) is 39.5 Å². The molecule has 0 bridgehead atoms. The van der Waals surface area contributed by atoms with Crippen LogP contribution in [-0.4, -0.2) is 45.1 Å². The summed E-state index contributed by atoms with van der Waals surface area (Å²) in [7, 11) is 3.69. The number of rotatable bonds is 6. The standard InChI is InChI=1S/C22H22N2O6/c1-28-18(25)13-17-15-11-7-8-12-16(15)23-20(19(21(26)29-2)22(27)30-3)24(17)14-9-5-4-6-10-14/h4-12,17,19H,13H2,1-3H3. The van der Waals surface area contributed by atoms with Gasteiger partial charge in [-0.3, -0.25) is 14.4 Å². The maximum Gasteiger partial charge on any atom is 0.327 e. The fourth-order valence-electron chi connectivity index (χ4n) is 3.44. The third kappa shape index (κ3) is 4.03. The highest BCUT2D eigenvalue weighted by Gasteiger charge is 2.43. The molecule has 1 atom stereocenters. The topological polar surface area (TPSA) is 94.5 Å². The summed E-state index contributed by atoms with van der Waals surface area (Å²) in [6.45, 7) is 0. The summed E-state index contributed by atoms with van der Waals surface area (Å²) in [4.78, 5) is 43.7. The number of para-hydroxylation sites is 2. The summed E-state index contributed by atoms with van der Waals surface area (Å²) in [5.74, 6) is -3.36. The molecule has 1 unspecified atom stereocenters. The van der Waals surface area contributed by atoms with Crippen molar-refractivity contribution < 1.29 is 28.6 Å². The average molecular weight is 410 g/mol. The van der Waals surface area contributed by atoms with Crippen molar-refractivity contribution in [2.24, 2.45) is 10.9 Å². The predicted octanol–water partition coefficient (Wildman–Crippen LogP) is 2.80. The van der Waals surface area contributed by atoms with Crippen molar-refractivity contribution in [3.8, 4) is 0 Å². The molecule has 0 saturated carbocycles. The van der Waals surface area contributed by atoms with Crippen LogP contribution in [0.1, 0.15) is 18.0 Å². The first-order chi connectivity index (χ1) is 14.5. The third-order valence-electron chi connectivity index (χ3n) is 4.84. The molecule has 2 aromatic rings. The molecule has 0 aromatic heterocycles. The number of fused-ring (bicyclic) bond motifs is 1. The minimum atomic E-state index is -1.42. The number of methoxy groups -OCH3 is 3. The van der Waals surface area contributed by atoms with Gasteiger partial charge in [0.25, 0.3) is 0 Å². The average Bonchev–Trinajstić information content (AvgIpc) is 2.79. The quantitative estimate of drug-likeness (QED) is 0.411. The number of carbonyl (C=O) groups is 3. The summed E-state index contributed by atoms with van der Waals surface area (Å²) >= 11 is 0. The molecule has 0 N–H and O–H groups in total. The van der Waals surface area contributed by atoms with Gasteiger partial charge in [0.2, 0.25) is 5.92 Å². The second-order valence-corrected chi connectivity index (χ2v) is 6.51. The number of anilines is 1. The maximum atomic E-state index is 12.6. The summed E-state index contributed by atoms with van der Waals surface area (Å²) in [6.07, 6.45) is -0.0174. The van der Waals surface area contributed by atoms with Gasteiger partial charge in [-0.1, -0.05) is 36.4 Å². The molecule has 156 valence electrons. The van der Waals surface area contributed by atoms with E-state index in [9.17, 15) is 14.4 Å². The zero-order chi connectivity index (χ0) is 21.7. The first kappa shape index (κ1) is 21.0. The van der Waals surface area contributed by atoms with E-state index in [0.29, 0.717) is 11.4 Å². The Bertz CT molecular complexity index is 957. The minimum Gasteiger partial charge on any atom is -0.469 e. The van der Waals surface area contributed by atoms with Crippen LogP contribution in [0.5, 0.6) is 0 Å². The Hall–Kier alpha value is -3.68. The summed E-state index contributed by atoms with van der Waals surface area (Å²) in [5, 5.41) is 0. The molecule has 0 fully saturated rings. The van der Waals surface area contributed by atoms with E-state index in [-0.39, 0.29) is 12.3 Å². The van der Waals surface area contributed by atoms with Crippen molar-refractivity contribution in [1.29, 1.82) is 0 Å². The van der Waals surface area contributed by atoms with Gasteiger partial charge >= 0.3 is 17.9 Å². The van der Waals surface area contributed by atoms with Crippen LogP contribution in [-0.2, 0) is 28.6 Å². The third-order valence-corrected chi connectivity index (χ3v) is 4.84. The zero-order valence-electron chi connectivity index (χ0n) is 16.9. The second kappa shape index (κ2) is 9.21. The Kier molecular flexibility index (Phi) is 6.46. The van der Waals surface area contributed by atoms with Crippen LogP contribution in [0.4, 0.5) is 11.4 Å². The molecule has 0 amide bonds. The molecule has 30 heavy (non-hydrogen) atoms. The van der Waals surface area contributed by atoms with Crippen molar-refractivity contribution in [2.75, 3.05) is 26.2 Å². The lowest BCUT2D eigenvalue weighted by Crippen LogP contribution is -2.48. The van der Waals surface area contributed by atoms with Crippen LogP contribution >= 0.6 is 0 Å². The number of amidine groups is 1. The van der Waals surface area contributed by atoms with Crippen LogP contribution in [0.25, 0.3) is 0 Å². The first-order valence-corrected chi connectivity index (χ1v) is 9.26. The van der Waals surface area contributed by atoms with Gasteiger partial charge in [0.15, 0.2) is 0 Å². The van der Waals surface area contributed by atoms with Crippen molar-refractivity contribution in [3.63, 3.8) is 0 Å². The van der Waals surface area contributed by atoms with Gasteiger partial charge in [-0.25, -0.2) is 4.99 Å². The second-order valence-electron chi connectivity index (χ2n) is 6.51. The number of ether oxygens (including phenoxy) is 3. The zero-order valence-corrected chi connectivity index (χ0v) is 16.9. The fourth-order valence-corrected chi connectivity index (χ4v) is 3.44. The molecule has 0 spiro atoms. The number of benzene rings is 2. The normalized spacial score (nSPS) is 15.1. The van der Waals surface area contributed by atoms with Gasteiger partial charge in [-0.2, -0.15) is 0 Å². The molecular weight excluding hydrogens is 388 g/mol. The number of aliphatic imine (C=N–C) groups is 1. The van der Waals surface area contributed by atoms with Gasteiger partial charge in [-0.15, -0.1) is 0 Å². The highest BCUT2D eigenvalue weighted by atomic mass is 16.5. The van der Waals surface area contributed by atoms with Crippen LogP contribution in [0, 0.1) is 5.92 Å². The largest absolute Gasteiger partial charge is 0.469 e. The Balaban J connectivity index is 2.25. The number of hydrogen-bond acceptors (Lipinski definition) is 8. The molecule has 1 aliphatic rings. The highest BCUT2D eigenvalue weighted by Crippen LogP contribution is 2.41. The number of esters is 3. The van der Waals surface area contributed by atoms with Crippen LogP contribution in [0.15, 0.2) is 59.6 Å². The Morgan fingerprint density at radius 3 is 2.10 bits per heavy atom. The van der Waals surface area contributed by atoms with Crippen molar-refractivity contribution >= 4 is 35.1 Å². The SMILES string of the molecule is COC(=O)CC1c2ccccc2N=C(C(C(=O)OC)C(=O)OC)N1c1ccccc1. The van der Waals surface area contributed by atoms with E-state index in [1.54, 1.807) is 29.2 Å². The lowest BCUT2D eigenvalue weighted by Gasteiger charge is -2.39. The Morgan fingerprint density at radius 2 is 1.50 bits per heavy atom. The maximum absolute atomic E-state index is 12.6. The molecule has 1 aliphatic heterocycles. The Morgan fingerprint density at radius 1 is 0.900 bits per heavy atom. The van der Waals surface area contributed by atoms with E-state index in [4.69, 9.17) is 14.2 Å². The molecule has 8 nitrogen and oxygen atoms in total. The summed E-state index contributed by atoms with van der Waals surface area (Å²) < 4.78 is 14.6. The fraction of sp³-hybridized carbons (Fsp3) is 0.273. The molecule has 3 rings (SSSR count). The van der Waals surface area contributed by atoms with Crippen LogP contribution < -0.4 is 4.90 Å². The van der Waals surface area contributed by atoms with E-state index >= 15 is 0 Å². The summed E-state index contributed by atoms with van der Waals surface area (Å²) in [5.41, 5.74) is 1.97.